The largest absolute Gasteiger partial charge is 0.379 e. The van der Waals surface area contributed by atoms with Crippen molar-refractivity contribution in [3.05, 3.63) is 35.9 Å². The van der Waals surface area contributed by atoms with Crippen LogP contribution in [0.1, 0.15) is 11.6 Å². The molecular formula is C10H11BrN2S. The van der Waals surface area contributed by atoms with Crippen LogP contribution in [0, 0.1) is 0 Å². The second-order valence-corrected chi connectivity index (χ2v) is 5.37. The van der Waals surface area contributed by atoms with Gasteiger partial charge in [0.05, 0.1) is 10.9 Å². The number of hydrogen-bond acceptors (Lipinski definition) is 3. The van der Waals surface area contributed by atoms with E-state index >= 15 is 0 Å². The van der Waals surface area contributed by atoms with E-state index in [1.165, 1.54) is 5.56 Å². The van der Waals surface area contributed by atoms with E-state index in [-0.39, 0.29) is 6.04 Å². The fourth-order valence-electron chi connectivity index (χ4n) is 1.44. The Morgan fingerprint density at radius 2 is 2.07 bits per heavy atom. The molecule has 2 nitrogen and oxygen atoms in total. The van der Waals surface area contributed by atoms with Crippen LogP contribution >= 0.6 is 27.7 Å². The highest BCUT2D eigenvalue weighted by Gasteiger charge is 2.24. The Hall–Kier alpha value is -0.480. The fourth-order valence-corrected chi connectivity index (χ4v) is 2.97. The van der Waals surface area contributed by atoms with E-state index in [0.717, 1.165) is 5.75 Å². The van der Waals surface area contributed by atoms with Gasteiger partial charge in [-0.2, -0.15) is 0 Å². The van der Waals surface area contributed by atoms with Crippen LogP contribution in [0.15, 0.2) is 35.3 Å². The summed E-state index contributed by atoms with van der Waals surface area (Å²) in [6.07, 6.45) is 0. The number of halogens is 1. The van der Waals surface area contributed by atoms with E-state index in [9.17, 15) is 0 Å². The summed E-state index contributed by atoms with van der Waals surface area (Å²) in [6.45, 7) is 0. The van der Waals surface area contributed by atoms with Gasteiger partial charge >= 0.3 is 0 Å². The first-order valence-electron chi connectivity index (χ1n) is 4.42. The Balaban J connectivity index is 2.29. The zero-order valence-electron chi connectivity index (χ0n) is 7.56. The molecule has 1 aromatic rings. The van der Waals surface area contributed by atoms with Crippen LogP contribution in [0.4, 0.5) is 0 Å². The van der Waals surface area contributed by atoms with Gasteiger partial charge in [-0.05, 0) is 5.56 Å². The lowest BCUT2D eigenvalue weighted by Gasteiger charge is -2.23. The Morgan fingerprint density at radius 1 is 1.36 bits per heavy atom. The molecule has 1 aliphatic rings. The summed E-state index contributed by atoms with van der Waals surface area (Å²) < 4.78 is 0. The third-order valence-corrected chi connectivity index (χ3v) is 4.32. The molecule has 0 amide bonds. The molecule has 14 heavy (non-hydrogen) atoms. The maximum atomic E-state index is 5.72. The minimum absolute atomic E-state index is 0.164. The Morgan fingerprint density at radius 3 is 2.79 bits per heavy atom. The zero-order chi connectivity index (χ0) is 9.97. The number of amidine groups is 1. The molecule has 1 aliphatic heterocycles. The minimum atomic E-state index is 0.164. The van der Waals surface area contributed by atoms with Crippen molar-refractivity contribution in [1.82, 2.24) is 0 Å². The molecule has 0 unspecified atom stereocenters. The van der Waals surface area contributed by atoms with E-state index < -0.39 is 0 Å². The van der Waals surface area contributed by atoms with Crippen LogP contribution in [0.25, 0.3) is 0 Å². The van der Waals surface area contributed by atoms with E-state index in [4.69, 9.17) is 5.73 Å². The van der Waals surface area contributed by atoms with Crippen molar-refractivity contribution in [1.29, 1.82) is 0 Å². The molecule has 0 saturated carbocycles. The van der Waals surface area contributed by atoms with Gasteiger partial charge in [-0.15, -0.1) is 0 Å². The molecule has 1 heterocycles. The van der Waals surface area contributed by atoms with Crippen molar-refractivity contribution < 1.29 is 0 Å². The van der Waals surface area contributed by atoms with E-state index in [0.29, 0.717) is 9.99 Å². The maximum absolute atomic E-state index is 5.72. The molecule has 0 aliphatic carbocycles. The van der Waals surface area contributed by atoms with Crippen LogP contribution in [-0.4, -0.2) is 15.7 Å². The molecule has 0 saturated heterocycles. The Kier molecular flexibility index (Phi) is 3.13. The summed E-state index contributed by atoms with van der Waals surface area (Å²) in [5.74, 6) is 0.981. The first kappa shape index (κ1) is 10.1. The highest BCUT2D eigenvalue weighted by molar-refractivity contribution is 9.09. The van der Waals surface area contributed by atoms with Crippen molar-refractivity contribution in [2.75, 3.05) is 5.75 Å². The molecule has 0 fully saturated rings. The van der Waals surface area contributed by atoms with Crippen molar-refractivity contribution in [3.63, 3.8) is 0 Å². The molecule has 0 aromatic heterocycles. The van der Waals surface area contributed by atoms with Crippen LogP contribution in [-0.2, 0) is 0 Å². The van der Waals surface area contributed by atoms with Gasteiger partial charge in [0.2, 0.25) is 0 Å². The van der Waals surface area contributed by atoms with Crippen LogP contribution in [0.3, 0.4) is 0 Å². The second kappa shape index (κ2) is 4.36. The number of thioether (sulfide) groups is 1. The number of alkyl halides is 1. The molecule has 2 rings (SSSR count). The van der Waals surface area contributed by atoms with Crippen molar-refractivity contribution in [2.45, 2.75) is 10.9 Å². The summed E-state index contributed by atoms with van der Waals surface area (Å²) in [5, 5.41) is 0.689. The first-order chi connectivity index (χ1) is 6.77. The lowest BCUT2D eigenvalue weighted by atomic mass is 10.1. The highest BCUT2D eigenvalue weighted by atomic mass is 79.9. The monoisotopic (exact) mass is 270 g/mol. The molecule has 2 atom stereocenters. The molecule has 0 bridgehead atoms. The molecule has 2 N–H and O–H groups in total. The summed E-state index contributed by atoms with van der Waals surface area (Å²) >= 11 is 5.24. The minimum Gasteiger partial charge on any atom is -0.379 e. The quantitative estimate of drug-likeness (QED) is 0.797. The van der Waals surface area contributed by atoms with E-state index in [1.54, 1.807) is 11.8 Å². The first-order valence-corrected chi connectivity index (χ1v) is 6.32. The summed E-state index contributed by atoms with van der Waals surface area (Å²) in [7, 11) is 0. The molecule has 0 radical (unpaired) electrons. The predicted octanol–water partition coefficient (Wildman–Crippen LogP) is 2.55. The number of nitrogens with zero attached hydrogens (tertiary/aromatic N) is 1. The number of aliphatic imine (C=N–C) groups is 1. The predicted molar refractivity (Wildman–Crippen MR) is 66.0 cm³/mol. The third kappa shape index (κ3) is 2.12. The van der Waals surface area contributed by atoms with Gasteiger partial charge in [0, 0.05) is 5.75 Å². The molecule has 1 aromatic carbocycles. The smallest absolute Gasteiger partial charge is 0.154 e. The Labute approximate surface area is 96.1 Å². The van der Waals surface area contributed by atoms with Crippen LogP contribution in [0.5, 0.6) is 0 Å². The number of benzene rings is 1. The van der Waals surface area contributed by atoms with Gasteiger partial charge in [-0.1, -0.05) is 58.0 Å². The van der Waals surface area contributed by atoms with E-state index in [2.05, 4.69) is 33.1 Å². The van der Waals surface area contributed by atoms with Gasteiger partial charge < -0.3 is 5.73 Å². The van der Waals surface area contributed by atoms with E-state index in [1.807, 2.05) is 18.2 Å². The fraction of sp³-hybridized carbons (Fsp3) is 0.300. The lowest BCUT2D eigenvalue weighted by molar-refractivity contribution is 0.729. The van der Waals surface area contributed by atoms with Gasteiger partial charge in [0.15, 0.2) is 5.17 Å². The summed E-state index contributed by atoms with van der Waals surface area (Å²) in [5.41, 5.74) is 6.94. The van der Waals surface area contributed by atoms with Gasteiger partial charge in [-0.3, -0.25) is 4.99 Å². The maximum Gasteiger partial charge on any atom is 0.154 e. The average molecular weight is 271 g/mol. The third-order valence-electron chi connectivity index (χ3n) is 2.14. The summed E-state index contributed by atoms with van der Waals surface area (Å²) in [4.78, 5) is 4.82. The second-order valence-electron chi connectivity index (χ2n) is 3.15. The number of rotatable bonds is 1. The zero-order valence-corrected chi connectivity index (χ0v) is 9.96. The SMILES string of the molecule is NC1=N[C@H](c2ccccc2)[C@@H](Br)CS1. The van der Waals surface area contributed by atoms with Gasteiger partial charge in [-0.25, -0.2) is 0 Å². The molecule has 0 spiro atoms. The Bertz CT molecular complexity index is 339. The average Bonchev–Trinajstić information content (AvgIpc) is 2.23. The van der Waals surface area contributed by atoms with Crippen LogP contribution in [0.2, 0.25) is 0 Å². The topological polar surface area (TPSA) is 38.4 Å². The normalized spacial score (nSPS) is 27.1. The van der Waals surface area contributed by atoms with Gasteiger partial charge in [0.25, 0.3) is 0 Å². The molecular weight excluding hydrogens is 260 g/mol. The summed E-state index contributed by atoms with van der Waals surface area (Å²) in [6, 6.07) is 10.4. The standard InChI is InChI=1S/C10H11BrN2S/c11-8-6-14-10(12)13-9(8)7-4-2-1-3-5-7/h1-5,8-9H,6H2,(H2,12,13)/t8-,9+/m0/s1. The number of hydrogen-bond donors (Lipinski definition) is 1. The van der Waals surface area contributed by atoms with Crippen molar-refractivity contribution in [2.24, 2.45) is 10.7 Å². The van der Waals surface area contributed by atoms with Crippen molar-refractivity contribution >= 4 is 32.9 Å². The molecule has 74 valence electrons. The number of nitrogens with two attached hydrogens (primary N) is 1. The van der Waals surface area contributed by atoms with Crippen LogP contribution < -0.4 is 5.73 Å². The van der Waals surface area contributed by atoms with Gasteiger partial charge in [0.1, 0.15) is 0 Å². The molecule has 4 heteroatoms. The highest BCUT2D eigenvalue weighted by Crippen LogP contribution is 2.33. The van der Waals surface area contributed by atoms with Crippen molar-refractivity contribution in [3.8, 4) is 0 Å². The lowest BCUT2D eigenvalue weighted by Crippen LogP contribution is -2.24.